The van der Waals surface area contributed by atoms with Crippen LogP contribution in [0.2, 0.25) is 5.02 Å². The van der Waals surface area contributed by atoms with E-state index in [2.05, 4.69) is 4.98 Å². The average Bonchev–Trinajstić information content (AvgIpc) is 3.44. The number of ether oxygens (including phenoxy) is 1. The second-order valence-corrected chi connectivity index (χ2v) is 9.88. The number of carbonyl (C=O) groups is 2. The van der Waals surface area contributed by atoms with E-state index in [9.17, 15) is 18.0 Å². The second kappa shape index (κ2) is 10.8. The zero-order valence-electron chi connectivity index (χ0n) is 18.2. The number of rotatable bonds is 5. The molecule has 2 aromatic heterocycles. The van der Waals surface area contributed by atoms with E-state index < -0.39 is 21.9 Å². The molecule has 3 aromatic rings. The number of amidine groups is 1. The number of primary amides is 1. The Hall–Kier alpha value is -3.52. The summed E-state index contributed by atoms with van der Waals surface area (Å²) in [5.41, 5.74) is 6.89. The van der Waals surface area contributed by atoms with Crippen LogP contribution in [-0.2, 0) is 14.9 Å². The van der Waals surface area contributed by atoms with Crippen molar-refractivity contribution in [3.8, 4) is 0 Å². The Kier molecular flexibility index (Phi) is 8.07. The van der Waals surface area contributed by atoms with Crippen LogP contribution in [0.3, 0.4) is 0 Å². The van der Waals surface area contributed by atoms with E-state index in [-0.39, 0.29) is 16.5 Å². The largest absolute Gasteiger partial charge is 0.463 e. The fourth-order valence-electron chi connectivity index (χ4n) is 3.07. The topological polar surface area (TPSA) is 167 Å². The average molecular weight is 538 g/mol. The number of thiophene rings is 1. The molecule has 1 aliphatic rings. The summed E-state index contributed by atoms with van der Waals surface area (Å²) in [7, 11) is -3.67. The normalized spacial score (nSPS) is 13.0. The third-order valence-corrected chi connectivity index (χ3v) is 5.61. The standard InChI is InChI=1S/C20H16ClN5O3S.CH4O3S/c21-12-1-6-16(24-11-12)26(19(28)17-15(18(22)27)7-10-30-17)14-4-2-13(3-5-14)25-8-9-29-20(25)23;1-5(2,3)4/h1-7,10-11,23H,8-9H2,(H2,22,27);1H3,(H,2,3,4). The highest BCUT2D eigenvalue weighted by Gasteiger charge is 2.27. The Morgan fingerprint density at radius 3 is 2.40 bits per heavy atom. The molecule has 184 valence electrons. The number of nitrogens with zero attached hydrogens (tertiary/aromatic N) is 3. The van der Waals surface area contributed by atoms with Crippen LogP contribution in [0.1, 0.15) is 20.0 Å². The zero-order chi connectivity index (χ0) is 25.8. The maximum absolute atomic E-state index is 13.4. The lowest BCUT2D eigenvalue weighted by Gasteiger charge is -2.23. The Balaban J connectivity index is 0.000000623. The van der Waals surface area contributed by atoms with Crippen molar-refractivity contribution in [2.45, 2.75) is 0 Å². The van der Waals surface area contributed by atoms with Gasteiger partial charge < -0.3 is 10.5 Å². The maximum atomic E-state index is 13.4. The third-order valence-electron chi connectivity index (χ3n) is 4.49. The van der Waals surface area contributed by atoms with Gasteiger partial charge >= 0.3 is 0 Å². The highest BCUT2D eigenvalue weighted by molar-refractivity contribution is 7.85. The molecule has 1 aliphatic heterocycles. The number of carbonyl (C=O) groups excluding carboxylic acids is 2. The van der Waals surface area contributed by atoms with Crippen LogP contribution in [0.25, 0.3) is 0 Å². The Morgan fingerprint density at radius 2 is 1.89 bits per heavy atom. The molecule has 14 heteroatoms. The van der Waals surface area contributed by atoms with Crippen LogP contribution in [0.4, 0.5) is 17.2 Å². The van der Waals surface area contributed by atoms with Gasteiger partial charge in [0.2, 0.25) is 5.91 Å². The summed E-state index contributed by atoms with van der Waals surface area (Å²) in [6.07, 6.45) is 2.16. The predicted molar refractivity (Wildman–Crippen MR) is 133 cm³/mol. The van der Waals surface area contributed by atoms with E-state index >= 15 is 0 Å². The van der Waals surface area contributed by atoms with Gasteiger partial charge in [0.1, 0.15) is 17.3 Å². The molecule has 11 nitrogen and oxygen atoms in total. The number of nitrogens with two attached hydrogens (primary N) is 1. The monoisotopic (exact) mass is 537 g/mol. The number of benzene rings is 1. The first-order valence-corrected chi connectivity index (χ1v) is 12.9. The molecular formula is C21H20ClN5O6S2. The number of halogens is 1. The Morgan fingerprint density at radius 1 is 1.23 bits per heavy atom. The molecule has 0 atom stereocenters. The first kappa shape index (κ1) is 26.1. The van der Waals surface area contributed by atoms with E-state index in [0.29, 0.717) is 35.9 Å². The van der Waals surface area contributed by atoms with Crippen LogP contribution < -0.4 is 15.5 Å². The number of pyridine rings is 1. The zero-order valence-corrected chi connectivity index (χ0v) is 20.6. The van der Waals surface area contributed by atoms with Gasteiger partial charge in [-0.2, -0.15) is 8.42 Å². The summed E-state index contributed by atoms with van der Waals surface area (Å²) in [4.78, 5) is 32.7. The van der Waals surface area contributed by atoms with E-state index in [1.54, 1.807) is 46.7 Å². The van der Waals surface area contributed by atoms with Crippen LogP contribution in [0.5, 0.6) is 0 Å². The van der Waals surface area contributed by atoms with Crippen molar-refractivity contribution in [3.63, 3.8) is 0 Å². The number of hydrogen-bond acceptors (Lipinski definition) is 8. The van der Waals surface area contributed by atoms with E-state index in [1.165, 1.54) is 17.2 Å². The Labute approximate surface area is 210 Å². The van der Waals surface area contributed by atoms with Crippen LogP contribution in [-0.4, -0.2) is 55.2 Å². The van der Waals surface area contributed by atoms with Crippen LogP contribution in [0.15, 0.2) is 54.0 Å². The minimum Gasteiger partial charge on any atom is -0.463 e. The minimum atomic E-state index is -3.67. The van der Waals surface area contributed by atoms with Gasteiger partial charge in [-0.3, -0.25) is 29.4 Å². The van der Waals surface area contributed by atoms with Gasteiger partial charge in [-0.05, 0) is 47.8 Å². The quantitative estimate of drug-likeness (QED) is 0.417. The molecule has 35 heavy (non-hydrogen) atoms. The molecule has 3 heterocycles. The minimum absolute atomic E-state index is 0.0831. The van der Waals surface area contributed by atoms with Gasteiger partial charge in [-0.25, -0.2) is 4.98 Å². The summed E-state index contributed by atoms with van der Waals surface area (Å²) in [6.45, 7) is 1.03. The molecule has 2 amide bonds. The summed E-state index contributed by atoms with van der Waals surface area (Å²) in [6, 6.07) is 11.9. The van der Waals surface area contributed by atoms with Crippen molar-refractivity contribution < 1.29 is 27.3 Å². The number of hydrogen-bond donors (Lipinski definition) is 3. The van der Waals surface area contributed by atoms with Crippen molar-refractivity contribution in [2.24, 2.45) is 5.73 Å². The molecule has 1 saturated heterocycles. The molecule has 0 spiro atoms. The van der Waals surface area contributed by atoms with Gasteiger partial charge in [0, 0.05) is 11.9 Å². The molecule has 1 aromatic carbocycles. The summed E-state index contributed by atoms with van der Waals surface area (Å²) in [5.74, 6) is -0.761. The van der Waals surface area contributed by atoms with E-state index in [1.807, 2.05) is 0 Å². The lowest BCUT2D eigenvalue weighted by Crippen LogP contribution is -2.28. The fourth-order valence-corrected chi connectivity index (χ4v) is 4.01. The van der Waals surface area contributed by atoms with Crippen molar-refractivity contribution in [3.05, 3.63) is 69.5 Å². The predicted octanol–water partition coefficient (Wildman–Crippen LogP) is 3.15. The van der Waals surface area contributed by atoms with Crippen molar-refractivity contribution >= 4 is 68.1 Å². The van der Waals surface area contributed by atoms with Gasteiger partial charge in [-0.1, -0.05) is 11.6 Å². The third kappa shape index (κ3) is 6.76. The molecular weight excluding hydrogens is 518 g/mol. The summed E-state index contributed by atoms with van der Waals surface area (Å²) < 4.78 is 31.0. The Bertz CT molecular complexity index is 1340. The van der Waals surface area contributed by atoms with Gasteiger partial charge in [0.15, 0.2) is 0 Å². The fraction of sp³-hybridized carbons (Fsp3) is 0.143. The number of amides is 2. The molecule has 0 bridgehead atoms. The highest BCUT2D eigenvalue weighted by atomic mass is 35.5. The molecule has 0 unspecified atom stereocenters. The molecule has 0 saturated carbocycles. The van der Waals surface area contributed by atoms with Crippen molar-refractivity contribution in [2.75, 3.05) is 29.2 Å². The molecule has 4 rings (SSSR count). The van der Waals surface area contributed by atoms with Gasteiger partial charge in [0.25, 0.3) is 22.0 Å². The first-order chi connectivity index (χ1) is 16.5. The molecule has 1 fully saturated rings. The second-order valence-electron chi connectivity index (χ2n) is 7.06. The smallest absolute Gasteiger partial charge is 0.289 e. The number of nitrogens with one attached hydrogen (secondary N) is 1. The van der Waals surface area contributed by atoms with Gasteiger partial charge in [-0.15, -0.1) is 11.3 Å². The number of aromatic nitrogens is 1. The SMILES string of the molecule is CS(=O)(=O)O.N=C1OCCN1c1ccc(N(C(=O)c2sccc2C(N)=O)c2ccc(Cl)cn2)cc1. The lowest BCUT2D eigenvalue weighted by molar-refractivity contribution is 0.0970. The first-order valence-electron chi connectivity index (χ1n) is 9.80. The molecule has 0 aliphatic carbocycles. The lowest BCUT2D eigenvalue weighted by atomic mass is 10.2. The maximum Gasteiger partial charge on any atom is 0.289 e. The summed E-state index contributed by atoms with van der Waals surface area (Å²) in [5, 5.41) is 9.91. The van der Waals surface area contributed by atoms with Crippen molar-refractivity contribution in [1.82, 2.24) is 4.98 Å². The van der Waals surface area contributed by atoms with E-state index in [4.69, 9.17) is 32.0 Å². The highest BCUT2D eigenvalue weighted by Crippen LogP contribution is 2.31. The number of anilines is 3. The summed E-state index contributed by atoms with van der Waals surface area (Å²) >= 11 is 7.08. The van der Waals surface area contributed by atoms with E-state index in [0.717, 1.165) is 17.0 Å². The van der Waals surface area contributed by atoms with Crippen LogP contribution >= 0.6 is 22.9 Å². The van der Waals surface area contributed by atoms with Crippen molar-refractivity contribution in [1.29, 1.82) is 5.41 Å². The van der Waals surface area contributed by atoms with Gasteiger partial charge in [0.05, 0.1) is 29.1 Å². The molecule has 4 N–H and O–H groups in total. The van der Waals surface area contributed by atoms with Crippen LogP contribution in [0, 0.1) is 5.41 Å². The molecule has 0 radical (unpaired) electrons.